The number of hydrogen-bond donors (Lipinski definition) is 0. The molecule has 1 heterocycles. The van der Waals surface area contributed by atoms with Crippen LogP contribution in [0.2, 0.25) is 0 Å². The third kappa shape index (κ3) is 3.06. The number of thiazole rings is 1. The van der Waals surface area contributed by atoms with Crippen LogP contribution in [0.3, 0.4) is 0 Å². The number of aromatic nitrogens is 1. The molecule has 0 aliphatic heterocycles. The largest absolute Gasteiger partial charge is 0.591 e. The highest BCUT2D eigenvalue weighted by Gasteiger charge is 2.25. The molecule has 1 atom stereocenters. The van der Waals surface area contributed by atoms with Crippen LogP contribution in [-0.2, 0) is 11.4 Å². The van der Waals surface area contributed by atoms with Gasteiger partial charge in [-0.3, -0.25) is 0 Å². The Hall–Kier alpha value is -0.910. The maximum atomic E-state index is 11.8. The molecule has 1 aromatic carbocycles. The van der Waals surface area contributed by atoms with E-state index in [0.29, 0.717) is 0 Å². The Morgan fingerprint density at radius 2 is 2.18 bits per heavy atom. The van der Waals surface area contributed by atoms with E-state index >= 15 is 0 Å². The van der Waals surface area contributed by atoms with Gasteiger partial charge in [0.15, 0.2) is 0 Å². The Kier molecular flexibility index (Phi) is 3.51. The predicted octanol–water partition coefficient (Wildman–Crippen LogP) is 3.18. The molecule has 0 aliphatic rings. The molecule has 0 N–H and O–H groups in total. The lowest BCUT2D eigenvalue weighted by Gasteiger charge is -2.17. The highest BCUT2D eigenvalue weighted by atomic mass is 32.2. The first-order valence-corrected chi connectivity index (χ1v) is 7.25. The molecule has 0 amide bonds. The van der Waals surface area contributed by atoms with Crippen molar-refractivity contribution in [2.75, 3.05) is 0 Å². The Balaban J connectivity index is 2.20. The Morgan fingerprint density at radius 1 is 1.41 bits per heavy atom. The summed E-state index contributed by atoms with van der Waals surface area (Å²) in [4.78, 5) is 4.24. The number of fused-ring (bicyclic) bond motifs is 1. The van der Waals surface area contributed by atoms with Gasteiger partial charge in [0.2, 0.25) is 0 Å². The van der Waals surface area contributed by atoms with Gasteiger partial charge in [0.1, 0.15) is 16.1 Å². The van der Waals surface area contributed by atoms with Gasteiger partial charge < -0.3 is 4.55 Å². The molecule has 0 bridgehead atoms. The molecular weight excluding hydrogens is 252 g/mol. The average molecular weight is 266 g/mol. The summed E-state index contributed by atoms with van der Waals surface area (Å²) in [6.45, 7) is 5.72. The first-order chi connectivity index (χ1) is 7.97. The Morgan fingerprint density at radius 3 is 2.88 bits per heavy atom. The summed E-state index contributed by atoms with van der Waals surface area (Å²) >= 11 is 0.399. The summed E-state index contributed by atoms with van der Waals surface area (Å²) < 4.78 is 16.7. The van der Waals surface area contributed by atoms with Crippen molar-refractivity contribution >= 4 is 39.1 Å². The zero-order valence-electron chi connectivity index (χ0n) is 10.0. The van der Waals surface area contributed by atoms with Gasteiger partial charge in [0.05, 0.1) is 21.9 Å². The maximum absolute atomic E-state index is 11.8. The summed E-state index contributed by atoms with van der Waals surface area (Å²) in [5.41, 5.74) is 3.71. The van der Waals surface area contributed by atoms with Crippen LogP contribution in [0.4, 0.5) is 0 Å². The summed E-state index contributed by atoms with van der Waals surface area (Å²) in [7, 11) is 0. The third-order valence-corrected chi connectivity index (χ3v) is 4.33. The molecule has 0 saturated carbocycles. The minimum absolute atomic E-state index is 0.318. The summed E-state index contributed by atoms with van der Waals surface area (Å²) in [6.07, 6.45) is 1.65. The first kappa shape index (κ1) is 12.5. The normalized spacial score (nSPS) is 14.6. The van der Waals surface area contributed by atoms with Gasteiger partial charge in [0.25, 0.3) is 0 Å². The molecule has 0 fully saturated rings. The van der Waals surface area contributed by atoms with Gasteiger partial charge in [-0.25, -0.2) is 4.98 Å². The zero-order valence-corrected chi connectivity index (χ0v) is 11.6. The first-order valence-electron chi connectivity index (χ1n) is 5.26. The molecule has 1 unspecified atom stereocenters. The molecule has 17 heavy (non-hydrogen) atoms. The Labute approximate surface area is 108 Å². The van der Waals surface area contributed by atoms with E-state index in [9.17, 15) is 4.55 Å². The quantitative estimate of drug-likeness (QED) is 0.619. The smallest absolute Gasteiger partial charge is 0.144 e. The number of rotatable bonds is 2. The maximum Gasteiger partial charge on any atom is 0.144 e. The van der Waals surface area contributed by atoms with Gasteiger partial charge in [-0.05, 0) is 38.5 Å². The van der Waals surface area contributed by atoms with Crippen LogP contribution in [-0.4, -0.2) is 20.5 Å². The van der Waals surface area contributed by atoms with Crippen LogP contribution < -0.4 is 0 Å². The standard InChI is InChI=1S/C12H14N2OS2/c1-12(2,3)17(15)14-7-9-4-5-11-10(6-9)13-8-16-11/h4-8H,1-3H3/b14-7-. The lowest BCUT2D eigenvalue weighted by atomic mass is 10.2. The molecule has 1 aromatic heterocycles. The molecule has 0 saturated heterocycles. The fourth-order valence-corrected chi connectivity index (χ4v) is 2.41. The molecule has 0 aliphatic carbocycles. The molecule has 0 spiro atoms. The lowest BCUT2D eigenvalue weighted by molar-refractivity contribution is 0.562. The summed E-state index contributed by atoms with van der Waals surface area (Å²) in [5.74, 6) is 0. The van der Waals surface area contributed by atoms with Crippen LogP contribution in [0.1, 0.15) is 26.3 Å². The molecule has 3 nitrogen and oxygen atoms in total. The second-order valence-electron chi connectivity index (χ2n) is 4.68. The molecule has 2 aromatic rings. The third-order valence-electron chi connectivity index (χ3n) is 2.18. The number of benzene rings is 1. The van der Waals surface area contributed by atoms with Gasteiger partial charge in [-0.1, -0.05) is 10.5 Å². The van der Waals surface area contributed by atoms with Crippen LogP contribution in [0.5, 0.6) is 0 Å². The minimum Gasteiger partial charge on any atom is -0.591 e. The van der Waals surface area contributed by atoms with Crippen molar-refractivity contribution in [1.82, 2.24) is 4.98 Å². The van der Waals surface area contributed by atoms with Crippen molar-refractivity contribution in [3.8, 4) is 0 Å². The second kappa shape index (κ2) is 4.76. The molecule has 90 valence electrons. The van der Waals surface area contributed by atoms with E-state index in [-0.39, 0.29) is 4.75 Å². The summed E-state index contributed by atoms with van der Waals surface area (Å²) in [5, 5.41) is 0. The van der Waals surface area contributed by atoms with Gasteiger partial charge in [-0.2, -0.15) is 0 Å². The molecule has 0 radical (unpaired) electrons. The van der Waals surface area contributed by atoms with Crippen molar-refractivity contribution in [3.05, 3.63) is 29.3 Å². The van der Waals surface area contributed by atoms with Gasteiger partial charge in [0, 0.05) is 0 Å². The highest BCUT2D eigenvalue weighted by molar-refractivity contribution is 7.91. The zero-order chi connectivity index (χ0) is 12.5. The van der Waals surface area contributed by atoms with Crippen molar-refractivity contribution < 1.29 is 4.55 Å². The second-order valence-corrected chi connectivity index (χ2v) is 7.50. The van der Waals surface area contributed by atoms with Crippen LogP contribution in [0.15, 0.2) is 28.1 Å². The SMILES string of the molecule is CC(C)(C)[S+]([O-])/N=C\c1ccc2scnc2c1. The molecule has 5 heteroatoms. The minimum atomic E-state index is -1.21. The molecular formula is C12H14N2OS2. The van der Waals surface area contributed by atoms with E-state index in [1.807, 2.05) is 44.5 Å². The molecule has 2 rings (SSSR count). The van der Waals surface area contributed by atoms with E-state index in [1.165, 1.54) is 0 Å². The average Bonchev–Trinajstić information content (AvgIpc) is 2.71. The topological polar surface area (TPSA) is 48.3 Å². The van der Waals surface area contributed by atoms with E-state index in [0.717, 1.165) is 15.8 Å². The van der Waals surface area contributed by atoms with E-state index in [4.69, 9.17) is 0 Å². The van der Waals surface area contributed by atoms with E-state index in [2.05, 4.69) is 9.38 Å². The van der Waals surface area contributed by atoms with E-state index in [1.54, 1.807) is 17.6 Å². The van der Waals surface area contributed by atoms with Crippen molar-refractivity contribution in [3.63, 3.8) is 0 Å². The summed E-state index contributed by atoms with van der Waals surface area (Å²) in [6, 6.07) is 5.92. The van der Waals surface area contributed by atoms with Crippen molar-refractivity contribution in [1.29, 1.82) is 0 Å². The van der Waals surface area contributed by atoms with Crippen LogP contribution in [0.25, 0.3) is 10.2 Å². The Bertz CT molecular complexity index is 543. The van der Waals surface area contributed by atoms with Crippen molar-refractivity contribution in [2.24, 2.45) is 4.40 Å². The van der Waals surface area contributed by atoms with Crippen LogP contribution in [0, 0.1) is 0 Å². The van der Waals surface area contributed by atoms with E-state index < -0.39 is 11.4 Å². The monoisotopic (exact) mass is 266 g/mol. The number of nitrogens with zero attached hydrogens (tertiary/aromatic N) is 2. The van der Waals surface area contributed by atoms with Gasteiger partial charge in [-0.15, -0.1) is 11.3 Å². The lowest BCUT2D eigenvalue weighted by Crippen LogP contribution is -2.25. The predicted molar refractivity (Wildman–Crippen MR) is 75.1 cm³/mol. The fourth-order valence-electron chi connectivity index (χ4n) is 1.22. The number of hydrogen-bond acceptors (Lipinski definition) is 4. The van der Waals surface area contributed by atoms with Crippen molar-refractivity contribution in [2.45, 2.75) is 25.5 Å². The highest BCUT2D eigenvalue weighted by Crippen LogP contribution is 2.19. The van der Waals surface area contributed by atoms with Crippen LogP contribution >= 0.6 is 11.3 Å². The van der Waals surface area contributed by atoms with Gasteiger partial charge >= 0.3 is 0 Å². The fraction of sp³-hybridized carbons (Fsp3) is 0.333.